The van der Waals surface area contributed by atoms with E-state index in [-0.39, 0.29) is 24.9 Å². The van der Waals surface area contributed by atoms with E-state index >= 15 is 0 Å². The normalized spacial score (nSPS) is 29.3. The maximum Gasteiger partial charge on any atom is 0.307 e. The van der Waals surface area contributed by atoms with Gasteiger partial charge in [0.1, 0.15) is 6.10 Å². The lowest BCUT2D eigenvalue weighted by molar-refractivity contribution is -0.143. The molecule has 4 nitrogen and oxygen atoms in total. The summed E-state index contributed by atoms with van der Waals surface area (Å²) < 4.78 is 5.32. The van der Waals surface area contributed by atoms with Crippen LogP contribution >= 0.6 is 0 Å². The number of esters is 1. The first-order valence-electron chi connectivity index (χ1n) is 6.11. The van der Waals surface area contributed by atoms with Gasteiger partial charge in [0.05, 0.1) is 18.3 Å². The fraction of sp³-hybridized carbons (Fsp3) is 0.429. The fourth-order valence-corrected chi connectivity index (χ4v) is 3.34. The molecule has 0 radical (unpaired) electrons. The summed E-state index contributed by atoms with van der Waals surface area (Å²) in [7, 11) is 0. The van der Waals surface area contributed by atoms with Crippen molar-refractivity contribution in [1.82, 2.24) is 0 Å². The molecule has 18 heavy (non-hydrogen) atoms. The maximum atomic E-state index is 11.6. The number of carboxylic acid groups (broad SMARTS) is 1. The number of carboxylic acids is 1. The van der Waals surface area contributed by atoms with Crippen LogP contribution in [0.5, 0.6) is 0 Å². The zero-order valence-electron chi connectivity index (χ0n) is 9.89. The smallest absolute Gasteiger partial charge is 0.307 e. The van der Waals surface area contributed by atoms with Gasteiger partial charge in [-0.05, 0) is 24.0 Å². The van der Waals surface area contributed by atoms with Crippen LogP contribution in [0.3, 0.4) is 0 Å². The molecule has 1 saturated heterocycles. The van der Waals surface area contributed by atoms with E-state index in [0.29, 0.717) is 0 Å². The molecule has 0 bridgehead atoms. The number of fused-ring (bicyclic) bond motifs is 3. The van der Waals surface area contributed by atoms with Crippen molar-refractivity contribution in [3.63, 3.8) is 0 Å². The van der Waals surface area contributed by atoms with Crippen LogP contribution in [-0.4, -0.2) is 23.1 Å². The molecule has 2 unspecified atom stereocenters. The Morgan fingerprint density at radius 2 is 2.22 bits per heavy atom. The minimum Gasteiger partial charge on any atom is -0.481 e. The molecule has 2 atom stereocenters. The highest BCUT2D eigenvalue weighted by molar-refractivity contribution is 5.79. The third kappa shape index (κ3) is 1.52. The van der Waals surface area contributed by atoms with Crippen LogP contribution < -0.4 is 0 Å². The van der Waals surface area contributed by atoms with E-state index in [0.717, 1.165) is 24.0 Å². The number of hydrogen-bond donors (Lipinski definition) is 1. The van der Waals surface area contributed by atoms with Crippen LogP contribution in [0.2, 0.25) is 0 Å². The Morgan fingerprint density at radius 1 is 1.44 bits per heavy atom. The van der Waals surface area contributed by atoms with Crippen molar-refractivity contribution in [3.05, 3.63) is 35.4 Å². The first kappa shape index (κ1) is 11.3. The SMILES string of the molecule is O=C(O)CC12CC(=O)OC1CCc1ccccc12. The summed E-state index contributed by atoms with van der Waals surface area (Å²) in [5.74, 6) is -1.16. The highest BCUT2D eigenvalue weighted by atomic mass is 16.6. The number of rotatable bonds is 2. The highest BCUT2D eigenvalue weighted by Crippen LogP contribution is 2.48. The second-order valence-electron chi connectivity index (χ2n) is 5.08. The van der Waals surface area contributed by atoms with Gasteiger partial charge in [-0.2, -0.15) is 0 Å². The van der Waals surface area contributed by atoms with Gasteiger partial charge in [-0.3, -0.25) is 9.59 Å². The lowest BCUT2D eigenvalue weighted by Crippen LogP contribution is -2.41. The van der Waals surface area contributed by atoms with Gasteiger partial charge in [0.25, 0.3) is 0 Å². The van der Waals surface area contributed by atoms with Crippen LogP contribution in [0.1, 0.15) is 30.4 Å². The second kappa shape index (κ2) is 3.83. The lowest BCUT2D eigenvalue weighted by atomic mass is 9.65. The van der Waals surface area contributed by atoms with Crippen molar-refractivity contribution in [1.29, 1.82) is 0 Å². The zero-order chi connectivity index (χ0) is 12.8. The molecule has 0 amide bonds. The average Bonchev–Trinajstić information content (AvgIpc) is 2.64. The predicted molar refractivity (Wildman–Crippen MR) is 63.2 cm³/mol. The molecule has 94 valence electrons. The highest BCUT2D eigenvalue weighted by Gasteiger charge is 2.53. The van der Waals surface area contributed by atoms with Gasteiger partial charge >= 0.3 is 11.9 Å². The number of carbonyl (C=O) groups excluding carboxylic acids is 1. The van der Waals surface area contributed by atoms with Crippen LogP contribution in [0.25, 0.3) is 0 Å². The summed E-state index contributed by atoms with van der Waals surface area (Å²) in [5, 5.41) is 9.15. The van der Waals surface area contributed by atoms with Crippen LogP contribution in [0.15, 0.2) is 24.3 Å². The Bertz CT molecular complexity index is 522. The van der Waals surface area contributed by atoms with Crippen molar-refractivity contribution in [2.24, 2.45) is 0 Å². The standard InChI is InChI=1S/C14H14O4/c15-12(16)7-14-8-13(17)18-11(14)6-5-9-3-1-2-4-10(9)14/h1-4,11H,5-8H2,(H,15,16). The Balaban J connectivity index is 2.14. The molecule has 0 saturated carbocycles. The summed E-state index contributed by atoms with van der Waals surface area (Å²) in [6, 6.07) is 7.79. The van der Waals surface area contributed by atoms with Gasteiger partial charge in [-0.15, -0.1) is 0 Å². The van der Waals surface area contributed by atoms with E-state index in [9.17, 15) is 9.59 Å². The van der Waals surface area contributed by atoms with Gasteiger partial charge < -0.3 is 9.84 Å². The van der Waals surface area contributed by atoms with E-state index in [4.69, 9.17) is 9.84 Å². The van der Waals surface area contributed by atoms with Gasteiger partial charge in [-0.1, -0.05) is 24.3 Å². The molecular formula is C14H14O4. The minimum absolute atomic E-state index is 0.0413. The molecule has 1 N–H and O–H groups in total. The summed E-state index contributed by atoms with van der Waals surface area (Å²) >= 11 is 0. The van der Waals surface area contributed by atoms with E-state index in [1.165, 1.54) is 0 Å². The second-order valence-corrected chi connectivity index (χ2v) is 5.08. The number of carbonyl (C=O) groups is 2. The number of ether oxygens (including phenoxy) is 1. The molecule has 1 heterocycles. The molecule has 1 fully saturated rings. The predicted octanol–water partition coefficient (Wildman–Crippen LogP) is 1.66. The first-order chi connectivity index (χ1) is 8.62. The van der Waals surface area contributed by atoms with Gasteiger partial charge in [0.15, 0.2) is 0 Å². The van der Waals surface area contributed by atoms with Crippen molar-refractivity contribution >= 4 is 11.9 Å². The van der Waals surface area contributed by atoms with Crippen molar-refractivity contribution < 1.29 is 19.4 Å². The van der Waals surface area contributed by atoms with Crippen molar-refractivity contribution in [2.75, 3.05) is 0 Å². The van der Waals surface area contributed by atoms with Crippen LogP contribution in [-0.2, 0) is 26.2 Å². The zero-order valence-corrected chi connectivity index (χ0v) is 9.89. The summed E-state index contributed by atoms with van der Waals surface area (Å²) in [6.45, 7) is 0. The number of aliphatic carboxylic acids is 1. The number of aryl methyl sites for hydroxylation is 1. The van der Waals surface area contributed by atoms with Crippen molar-refractivity contribution in [2.45, 2.75) is 37.2 Å². The molecule has 4 heteroatoms. The average molecular weight is 246 g/mol. The summed E-state index contributed by atoms with van der Waals surface area (Å²) in [4.78, 5) is 22.7. The monoisotopic (exact) mass is 246 g/mol. The molecule has 1 aliphatic heterocycles. The Kier molecular flexibility index (Phi) is 2.40. The lowest BCUT2D eigenvalue weighted by Gasteiger charge is -2.37. The Labute approximate surface area is 105 Å². The molecule has 1 aromatic carbocycles. The molecule has 2 aliphatic rings. The van der Waals surface area contributed by atoms with E-state index in [1.807, 2.05) is 24.3 Å². The summed E-state index contributed by atoms with van der Waals surface area (Å²) in [6.07, 6.45) is 1.42. The molecule has 3 rings (SSSR count). The van der Waals surface area contributed by atoms with Gasteiger partial charge in [-0.25, -0.2) is 0 Å². The maximum absolute atomic E-state index is 11.6. The number of hydrogen-bond acceptors (Lipinski definition) is 3. The molecule has 0 spiro atoms. The molecular weight excluding hydrogens is 232 g/mol. The molecule has 0 aromatic heterocycles. The van der Waals surface area contributed by atoms with E-state index < -0.39 is 11.4 Å². The van der Waals surface area contributed by atoms with E-state index in [2.05, 4.69) is 0 Å². The van der Waals surface area contributed by atoms with Gasteiger partial charge in [0.2, 0.25) is 0 Å². The third-order valence-electron chi connectivity index (χ3n) is 4.05. The number of benzene rings is 1. The molecule has 1 aliphatic carbocycles. The Morgan fingerprint density at radius 3 is 3.00 bits per heavy atom. The first-order valence-corrected chi connectivity index (χ1v) is 6.11. The van der Waals surface area contributed by atoms with Crippen LogP contribution in [0, 0.1) is 0 Å². The van der Waals surface area contributed by atoms with E-state index in [1.54, 1.807) is 0 Å². The molecule has 1 aromatic rings. The van der Waals surface area contributed by atoms with Crippen LogP contribution in [0.4, 0.5) is 0 Å². The van der Waals surface area contributed by atoms with Gasteiger partial charge in [0, 0.05) is 0 Å². The Hall–Kier alpha value is -1.84. The topological polar surface area (TPSA) is 63.6 Å². The van der Waals surface area contributed by atoms with Crippen molar-refractivity contribution in [3.8, 4) is 0 Å². The summed E-state index contributed by atoms with van der Waals surface area (Å²) in [5.41, 5.74) is 1.47. The largest absolute Gasteiger partial charge is 0.481 e. The quantitative estimate of drug-likeness (QED) is 0.806. The third-order valence-corrected chi connectivity index (χ3v) is 4.05. The fourth-order valence-electron chi connectivity index (χ4n) is 3.34. The minimum atomic E-state index is -0.880.